The van der Waals surface area contributed by atoms with Crippen LogP contribution in [0.25, 0.3) is 6.08 Å². The second-order valence-electron chi connectivity index (χ2n) is 7.87. The first-order valence-corrected chi connectivity index (χ1v) is 12.7. The second-order valence-corrected chi connectivity index (χ2v) is 9.64. The molecule has 3 rings (SSSR count). The highest BCUT2D eigenvalue weighted by atomic mass is 32.2. The third kappa shape index (κ3) is 7.40. The van der Waals surface area contributed by atoms with Gasteiger partial charge in [-0.15, -0.1) is 0 Å². The number of benzene rings is 2. The first kappa shape index (κ1) is 25.9. The van der Waals surface area contributed by atoms with Crippen LogP contribution in [0.5, 0.6) is 0 Å². The molecule has 0 radical (unpaired) electrons. The molecule has 2 aromatic carbocycles. The molecule has 1 unspecified atom stereocenters. The van der Waals surface area contributed by atoms with Gasteiger partial charge in [0.25, 0.3) is 0 Å². The van der Waals surface area contributed by atoms with Crippen LogP contribution in [0.1, 0.15) is 31.6 Å². The number of carbonyl (C=O) groups excluding carboxylic acids is 2. The van der Waals surface area contributed by atoms with Gasteiger partial charge in [-0.3, -0.25) is 9.59 Å². The first-order valence-electron chi connectivity index (χ1n) is 11.3. The molecule has 1 aromatic heterocycles. The van der Waals surface area contributed by atoms with Crippen LogP contribution in [-0.2, 0) is 26.2 Å². The molecule has 35 heavy (non-hydrogen) atoms. The summed E-state index contributed by atoms with van der Waals surface area (Å²) < 4.78 is 32.6. The molecule has 8 nitrogen and oxygen atoms in total. The maximum atomic E-state index is 12.9. The summed E-state index contributed by atoms with van der Waals surface area (Å²) >= 11 is 0. The van der Waals surface area contributed by atoms with Crippen LogP contribution in [0, 0.1) is 0 Å². The van der Waals surface area contributed by atoms with E-state index in [1.54, 1.807) is 49.4 Å². The molecule has 9 heteroatoms. The van der Waals surface area contributed by atoms with E-state index in [1.165, 1.54) is 29.4 Å². The number of rotatable bonds is 11. The summed E-state index contributed by atoms with van der Waals surface area (Å²) in [6.07, 6.45) is 5.16. The van der Waals surface area contributed by atoms with Gasteiger partial charge in [0.05, 0.1) is 17.7 Å². The summed E-state index contributed by atoms with van der Waals surface area (Å²) in [7, 11) is -3.71. The van der Waals surface area contributed by atoms with E-state index in [0.717, 1.165) is 0 Å². The minimum atomic E-state index is -3.71. The van der Waals surface area contributed by atoms with Crippen LogP contribution < -0.4 is 10.0 Å². The Morgan fingerprint density at radius 1 is 1.03 bits per heavy atom. The van der Waals surface area contributed by atoms with Crippen molar-refractivity contribution in [2.75, 3.05) is 11.9 Å². The van der Waals surface area contributed by atoms with Crippen LogP contribution >= 0.6 is 0 Å². The molecule has 1 atom stereocenters. The van der Waals surface area contributed by atoms with Gasteiger partial charge in [0, 0.05) is 18.3 Å². The maximum Gasteiger partial charge on any atom is 0.247 e. The average molecular weight is 496 g/mol. The zero-order chi connectivity index (χ0) is 25.3. The van der Waals surface area contributed by atoms with E-state index < -0.39 is 16.1 Å². The Kier molecular flexibility index (Phi) is 8.99. The van der Waals surface area contributed by atoms with Gasteiger partial charge in [-0.2, -0.15) is 0 Å². The molecule has 0 saturated carbocycles. The molecule has 0 spiro atoms. The van der Waals surface area contributed by atoms with E-state index in [4.69, 9.17) is 4.42 Å². The molecule has 0 saturated heterocycles. The third-order valence-electron chi connectivity index (χ3n) is 5.26. The van der Waals surface area contributed by atoms with Crippen LogP contribution in [0.15, 0.2) is 88.4 Å². The number of hydrogen-bond acceptors (Lipinski definition) is 5. The molecule has 0 aliphatic heterocycles. The Morgan fingerprint density at radius 2 is 1.74 bits per heavy atom. The Balaban J connectivity index is 1.63. The lowest BCUT2D eigenvalue weighted by Crippen LogP contribution is -2.45. The van der Waals surface area contributed by atoms with E-state index in [2.05, 4.69) is 10.0 Å². The van der Waals surface area contributed by atoms with Gasteiger partial charge in [-0.05, 0) is 61.4 Å². The zero-order valence-corrected chi connectivity index (χ0v) is 20.5. The molecule has 0 aliphatic rings. The summed E-state index contributed by atoms with van der Waals surface area (Å²) in [5.74, 6) is -0.0719. The minimum Gasteiger partial charge on any atom is -0.468 e. The SMILES string of the molecule is CCCN(C(=O)/C=C/c1ccc(S(=O)(=O)NCc2ccco2)cc1)C(C)C(=O)Nc1ccccc1. The molecule has 0 aliphatic carbocycles. The van der Waals surface area contributed by atoms with E-state index in [1.807, 2.05) is 25.1 Å². The fraction of sp³-hybridized carbons (Fsp3) is 0.231. The number of nitrogens with zero attached hydrogens (tertiary/aromatic N) is 1. The lowest BCUT2D eigenvalue weighted by Gasteiger charge is -2.27. The van der Waals surface area contributed by atoms with Gasteiger partial charge in [-0.1, -0.05) is 37.3 Å². The number of nitrogens with one attached hydrogen (secondary N) is 2. The van der Waals surface area contributed by atoms with E-state index in [9.17, 15) is 18.0 Å². The molecule has 0 fully saturated rings. The monoisotopic (exact) mass is 495 g/mol. The Labute approximate surface area is 205 Å². The van der Waals surface area contributed by atoms with Crippen molar-refractivity contribution in [1.29, 1.82) is 0 Å². The zero-order valence-electron chi connectivity index (χ0n) is 19.7. The van der Waals surface area contributed by atoms with Crippen LogP contribution in [-0.4, -0.2) is 37.7 Å². The van der Waals surface area contributed by atoms with Crippen molar-refractivity contribution >= 4 is 33.6 Å². The highest BCUT2D eigenvalue weighted by molar-refractivity contribution is 7.89. The predicted octanol–water partition coefficient (Wildman–Crippen LogP) is 4.04. The molecule has 2 N–H and O–H groups in total. The van der Waals surface area contributed by atoms with Crippen molar-refractivity contribution in [3.05, 3.63) is 90.4 Å². The number of furan rings is 1. The summed E-state index contributed by atoms with van der Waals surface area (Å²) in [6.45, 7) is 4.10. The summed E-state index contributed by atoms with van der Waals surface area (Å²) in [6, 6.07) is 17.9. The van der Waals surface area contributed by atoms with Crippen LogP contribution in [0.4, 0.5) is 5.69 Å². The van der Waals surface area contributed by atoms with E-state index in [-0.39, 0.29) is 23.3 Å². The number of anilines is 1. The van der Waals surface area contributed by atoms with Gasteiger partial charge in [0.15, 0.2) is 0 Å². The topological polar surface area (TPSA) is 109 Å². The fourth-order valence-corrected chi connectivity index (χ4v) is 4.32. The Morgan fingerprint density at radius 3 is 2.37 bits per heavy atom. The molecule has 184 valence electrons. The standard InChI is InChI=1S/C26H29N3O5S/c1-3-17-29(20(2)26(31)28-22-8-5-4-6-9-22)25(30)16-13-21-11-14-24(15-12-21)35(32,33)27-19-23-10-7-18-34-23/h4-16,18,20,27H,3,17,19H2,1-2H3,(H,28,31)/b16-13+. The van der Waals surface area contributed by atoms with Crippen molar-refractivity contribution in [2.24, 2.45) is 0 Å². The first-order chi connectivity index (χ1) is 16.8. The average Bonchev–Trinajstić information content (AvgIpc) is 3.39. The van der Waals surface area contributed by atoms with Crippen LogP contribution in [0.2, 0.25) is 0 Å². The predicted molar refractivity (Wildman–Crippen MR) is 135 cm³/mol. The Hall–Kier alpha value is -3.69. The second kappa shape index (κ2) is 12.1. The van der Waals surface area contributed by atoms with Gasteiger partial charge in [-0.25, -0.2) is 13.1 Å². The van der Waals surface area contributed by atoms with Crippen molar-refractivity contribution in [2.45, 2.75) is 37.8 Å². The summed E-state index contributed by atoms with van der Waals surface area (Å²) in [4.78, 5) is 27.2. The highest BCUT2D eigenvalue weighted by Gasteiger charge is 2.24. The number of amides is 2. The van der Waals surface area contributed by atoms with Gasteiger partial charge in [0.1, 0.15) is 11.8 Å². The summed E-state index contributed by atoms with van der Waals surface area (Å²) in [5.41, 5.74) is 1.32. The van der Waals surface area contributed by atoms with Gasteiger partial charge >= 0.3 is 0 Å². The molecular formula is C26H29N3O5S. The quantitative estimate of drug-likeness (QED) is 0.390. The molecular weight excluding hydrogens is 466 g/mol. The number of sulfonamides is 1. The largest absolute Gasteiger partial charge is 0.468 e. The molecule has 0 bridgehead atoms. The Bertz CT molecular complexity index is 1240. The maximum absolute atomic E-state index is 12.9. The van der Waals surface area contributed by atoms with E-state index >= 15 is 0 Å². The van der Waals surface area contributed by atoms with Crippen molar-refractivity contribution in [3.8, 4) is 0 Å². The van der Waals surface area contributed by atoms with Crippen molar-refractivity contribution < 1.29 is 22.4 Å². The molecule has 1 heterocycles. The van der Waals surface area contributed by atoms with E-state index in [0.29, 0.717) is 30.0 Å². The van der Waals surface area contributed by atoms with Gasteiger partial charge < -0.3 is 14.6 Å². The lowest BCUT2D eigenvalue weighted by molar-refractivity contribution is -0.134. The third-order valence-corrected chi connectivity index (χ3v) is 6.68. The molecule has 3 aromatic rings. The lowest BCUT2D eigenvalue weighted by atomic mass is 10.2. The normalized spacial score (nSPS) is 12.4. The van der Waals surface area contributed by atoms with Crippen molar-refractivity contribution in [1.82, 2.24) is 9.62 Å². The number of carbonyl (C=O) groups is 2. The van der Waals surface area contributed by atoms with Crippen molar-refractivity contribution in [3.63, 3.8) is 0 Å². The summed E-state index contributed by atoms with van der Waals surface area (Å²) in [5, 5.41) is 2.82. The number of para-hydroxylation sites is 1. The highest BCUT2D eigenvalue weighted by Crippen LogP contribution is 2.14. The van der Waals surface area contributed by atoms with Crippen LogP contribution in [0.3, 0.4) is 0 Å². The smallest absolute Gasteiger partial charge is 0.247 e. The minimum absolute atomic E-state index is 0.0504. The number of hydrogen-bond donors (Lipinski definition) is 2. The molecule has 2 amide bonds. The fourth-order valence-electron chi connectivity index (χ4n) is 3.33. The van der Waals surface area contributed by atoms with Gasteiger partial charge in [0.2, 0.25) is 21.8 Å².